The molecule has 0 saturated carbocycles. The molecule has 1 aromatic rings. The van der Waals surface area contributed by atoms with Gasteiger partial charge in [0.15, 0.2) is 0 Å². The number of aromatic hydroxyl groups is 1. The van der Waals surface area contributed by atoms with Crippen LogP contribution in [0.2, 0.25) is 0 Å². The lowest BCUT2D eigenvalue weighted by Gasteiger charge is -2.25. The van der Waals surface area contributed by atoms with Gasteiger partial charge in [0.25, 0.3) is 0 Å². The zero-order valence-corrected chi connectivity index (χ0v) is 11.7. The lowest BCUT2D eigenvalue weighted by Crippen LogP contribution is -2.39. The van der Waals surface area contributed by atoms with Gasteiger partial charge < -0.3 is 15.5 Å². The summed E-state index contributed by atoms with van der Waals surface area (Å²) in [5.41, 5.74) is 0.512. The van der Waals surface area contributed by atoms with E-state index in [-0.39, 0.29) is 29.7 Å². The molecule has 0 radical (unpaired) electrons. The number of hydrogen-bond acceptors (Lipinski definition) is 4. The highest BCUT2D eigenvalue weighted by atomic mass is 32.2. The molecule has 0 spiro atoms. The lowest BCUT2D eigenvalue weighted by molar-refractivity contribution is 0.271. The average Bonchev–Trinajstić information content (AvgIpc) is 2.30. The van der Waals surface area contributed by atoms with Crippen LogP contribution in [-0.2, 0) is 0 Å². The van der Waals surface area contributed by atoms with Crippen molar-refractivity contribution < 1.29 is 14.6 Å². The lowest BCUT2D eigenvalue weighted by atomic mass is 10.1. The number of halogens is 1. The predicted octanol–water partition coefficient (Wildman–Crippen LogP) is 2.29. The van der Waals surface area contributed by atoms with E-state index in [1.54, 1.807) is 17.8 Å². The van der Waals surface area contributed by atoms with Gasteiger partial charge >= 0.3 is 0 Å². The molecule has 1 aromatic carbocycles. The number of hydrogen-bond donors (Lipinski definition) is 3. The molecule has 0 aromatic heterocycles. The Balaban J connectivity index is 2.72. The Hall–Kier alpha value is -0.780. The molecule has 5 heteroatoms. The smallest absolute Gasteiger partial charge is 0.131 e. The predicted molar refractivity (Wildman–Crippen MR) is 73.5 cm³/mol. The fourth-order valence-electron chi connectivity index (χ4n) is 1.90. The van der Waals surface area contributed by atoms with Crippen LogP contribution in [-0.4, -0.2) is 34.4 Å². The highest BCUT2D eigenvalue weighted by molar-refractivity contribution is 7.99. The minimum Gasteiger partial charge on any atom is -0.508 e. The first-order chi connectivity index (χ1) is 8.49. The minimum atomic E-state index is -0.424. The Labute approximate surface area is 111 Å². The summed E-state index contributed by atoms with van der Waals surface area (Å²) in [4.78, 5) is 0. The van der Waals surface area contributed by atoms with Gasteiger partial charge in [-0.2, -0.15) is 11.8 Å². The molecule has 0 bridgehead atoms. The minimum absolute atomic E-state index is 0.0632. The molecule has 0 fully saturated rings. The number of aliphatic hydroxyl groups is 1. The van der Waals surface area contributed by atoms with Crippen LogP contribution in [0, 0.1) is 5.82 Å². The summed E-state index contributed by atoms with van der Waals surface area (Å²) in [5, 5.41) is 21.7. The zero-order valence-electron chi connectivity index (χ0n) is 10.9. The normalized spacial score (nSPS) is 16.3. The second-order valence-corrected chi connectivity index (χ2v) is 5.42. The van der Waals surface area contributed by atoms with Crippen molar-refractivity contribution in [2.75, 3.05) is 12.9 Å². The second-order valence-electron chi connectivity index (χ2n) is 4.34. The monoisotopic (exact) mass is 273 g/mol. The number of aliphatic hydroxyl groups excluding tert-OH is 1. The fraction of sp³-hybridized carbons (Fsp3) is 0.538. The van der Waals surface area contributed by atoms with Gasteiger partial charge in [-0.3, -0.25) is 0 Å². The fourth-order valence-corrected chi connectivity index (χ4v) is 2.53. The topological polar surface area (TPSA) is 52.5 Å². The van der Waals surface area contributed by atoms with Gasteiger partial charge in [0.1, 0.15) is 11.6 Å². The summed E-state index contributed by atoms with van der Waals surface area (Å²) < 4.78 is 13.7. The van der Waals surface area contributed by atoms with Crippen LogP contribution < -0.4 is 5.32 Å². The van der Waals surface area contributed by atoms with Crippen LogP contribution in [0.3, 0.4) is 0 Å². The van der Waals surface area contributed by atoms with Crippen LogP contribution in [0.1, 0.15) is 25.5 Å². The molecule has 3 N–H and O–H groups in total. The number of phenols is 1. The Bertz CT molecular complexity index is 385. The molecule has 3 atom stereocenters. The molecule has 0 aliphatic carbocycles. The van der Waals surface area contributed by atoms with Crippen LogP contribution >= 0.6 is 11.8 Å². The van der Waals surface area contributed by atoms with Crippen molar-refractivity contribution in [1.82, 2.24) is 5.32 Å². The molecule has 18 heavy (non-hydrogen) atoms. The van der Waals surface area contributed by atoms with Gasteiger partial charge in [-0.15, -0.1) is 0 Å². The number of thioether (sulfide) groups is 1. The molecular weight excluding hydrogens is 253 g/mol. The van der Waals surface area contributed by atoms with E-state index in [0.717, 1.165) is 6.07 Å². The van der Waals surface area contributed by atoms with Crippen LogP contribution in [0.25, 0.3) is 0 Å². The first kappa shape index (κ1) is 15.3. The molecule has 3 nitrogen and oxygen atoms in total. The van der Waals surface area contributed by atoms with Gasteiger partial charge in [-0.05, 0) is 26.2 Å². The first-order valence-electron chi connectivity index (χ1n) is 5.87. The van der Waals surface area contributed by atoms with Gasteiger partial charge in [-0.1, -0.05) is 6.07 Å². The van der Waals surface area contributed by atoms with Gasteiger partial charge in [-0.25, -0.2) is 4.39 Å². The molecule has 1 rings (SSSR count). The highest BCUT2D eigenvalue weighted by Crippen LogP contribution is 2.22. The zero-order chi connectivity index (χ0) is 13.7. The number of nitrogens with one attached hydrogen (secondary N) is 1. The SMILES string of the molecule is CSC(CO)C(C)NC(C)c1ccc(O)cc1F. The van der Waals surface area contributed by atoms with E-state index in [4.69, 9.17) is 5.11 Å². The molecule has 0 heterocycles. The van der Waals surface area contributed by atoms with E-state index in [0.29, 0.717) is 5.56 Å². The molecule has 3 unspecified atom stereocenters. The van der Waals surface area contributed by atoms with Crippen molar-refractivity contribution in [1.29, 1.82) is 0 Å². The quantitative estimate of drug-likeness (QED) is 0.744. The number of benzene rings is 1. The maximum Gasteiger partial charge on any atom is 0.131 e. The van der Waals surface area contributed by atoms with Crippen molar-refractivity contribution >= 4 is 11.8 Å². The first-order valence-corrected chi connectivity index (χ1v) is 7.16. The van der Waals surface area contributed by atoms with Crippen LogP contribution in [0.4, 0.5) is 4.39 Å². The molecule has 0 aliphatic rings. The van der Waals surface area contributed by atoms with E-state index < -0.39 is 5.82 Å². The van der Waals surface area contributed by atoms with Gasteiger partial charge in [0, 0.05) is 29.0 Å². The van der Waals surface area contributed by atoms with Crippen LogP contribution in [0.15, 0.2) is 18.2 Å². The summed E-state index contributed by atoms with van der Waals surface area (Å²) in [5.74, 6) is -0.499. The van der Waals surface area contributed by atoms with Gasteiger partial charge in [0.05, 0.1) is 6.61 Å². The summed E-state index contributed by atoms with van der Waals surface area (Å²) >= 11 is 1.58. The van der Waals surface area contributed by atoms with Crippen LogP contribution in [0.5, 0.6) is 5.75 Å². The van der Waals surface area contributed by atoms with E-state index in [1.807, 2.05) is 20.1 Å². The van der Waals surface area contributed by atoms with E-state index in [2.05, 4.69) is 5.32 Å². The number of rotatable bonds is 6. The van der Waals surface area contributed by atoms with Gasteiger partial charge in [0.2, 0.25) is 0 Å². The van der Waals surface area contributed by atoms with Crippen molar-refractivity contribution in [2.45, 2.75) is 31.2 Å². The van der Waals surface area contributed by atoms with Crippen molar-refractivity contribution in [3.63, 3.8) is 0 Å². The molecule has 0 aliphatic heterocycles. The van der Waals surface area contributed by atoms with Crippen molar-refractivity contribution in [3.8, 4) is 5.75 Å². The summed E-state index contributed by atoms with van der Waals surface area (Å²) in [6.45, 7) is 3.91. The number of phenolic OH excluding ortho intramolecular Hbond substituents is 1. The summed E-state index contributed by atoms with van der Waals surface area (Å²) in [7, 11) is 0. The Morgan fingerprint density at radius 3 is 2.56 bits per heavy atom. The molecule has 0 amide bonds. The van der Waals surface area contributed by atoms with Crippen molar-refractivity contribution in [3.05, 3.63) is 29.6 Å². The molecule has 102 valence electrons. The molecule has 0 saturated heterocycles. The Morgan fingerprint density at radius 2 is 2.06 bits per heavy atom. The average molecular weight is 273 g/mol. The second kappa shape index (κ2) is 6.97. The third-order valence-electron chi connectivity index (χ3n) is 3.00. The summed E-state index contributed by atoms with van der Waals surface area (Å²) in [6.07, 6.45) is 1.94. The Kier molecular flexibility index (Phi) is 5.91. The van der Waals surface area contributed by atoms with E-state index in [9.17, 15) is 9.50 Å². The Morgan fingerprint density at radius 1 is 1.39 bits per heavy atom. The third-order valence-corrected chi connectivity index (χ3v) is 4.17. The standard InChI is InChI=1S/C13H20FNO2S/c1-8(15-9(2)13(7-16)18-3)11-5-4-10(17)6-12(11)14/h4-6,8-9,13,15-17H,7H2,1-3H3. The summed E-state index contributed by atoms with van der Waals surface area (Å²) in [6, 6.07) is 4.03. The maximum atomic E-state index is 13.7. The highest BCUT2D eigenvalue weighted by Gasteiger charge is 2.19. The van der Waals surface area contributed by atoms with E-state index in [1.165, 1.54) is 6.07 Å². The van der Waals surface area contributed by atoms with E-state index >= 15 is 0 Å². The van der Waals surface area contributed by atoms with Crippen molar-refractivity contribution in [2.24, 2.45) is 0 Å². The third kappa shape index (κ3) is 3.86. The molecular formula is C13H20FNO2S. The largest absolute Gasteiger partial charge is 0.508 e. The maximum absolute atomic E-state index is 13.7.